The Bertz CT molecular complexity index is 880. The predicted molar refractivity (Wildman–Crippen MR) is 104 cm³/mol. The first kappa shape index (κ1) is 18.1. The third kappa shape index (κ3) is 4.92. The zero-order valence-corrected chi connectivity index (χ0v) is 15.6. The number of carbonyl (C=O) groups is 1. The van der Waals surface area contributed by atoms with Gasteiger partial charge in [-0.2, -0.15) is 0 Å². The first-order valence-corrected chi connectivity index (χ1v) is 9.04. The number of nitrogens with zero attached hydrogens (tertiary/aromatic N) is 1. The third-order valence-corrected chi connectivity index (χ3v) is 4.49. The summed E-state index contributed by atoms with van der Waals surface area (Å²) in [4.78, 5) is 15.0. The van der Waals surface area contributed by atoms with Crippen molar-refractivity contribution >= 4 is 21.9 Å². The predicted octanol–water partition coefficient (Wildman–Crippen LogP) is 4.91. The normalized spacial score (nSPS) is 10.5. The first-order chi connectivity index (χ1) is 12.6. The van der Waals surface area contributed by atoms with Crippen LogP contribution < -0.4 is 4.74 Å². The summed E-state index contributed by atoms with van der Waals surface area (Å²) < 4.78 is 6.95. The second-order valence-electron chi connectivity index (χ2n) is 5.87. The lowest BCUT2D eigenvalue weighted by Gasteiger charge is -2.12. The van der Waals surface area contributed by atoms with Gasteiger partial charge in [-0.3, -0.25) is 4.98 Å². The van der Waals surface area contributed by atoms with E-state index in [0.717, 1.165) is 28.6 Å². The van der Waals surface area contributed by atoms with Gasteiger partial charge >= 0.3 is 5.97 Å². The summed E-state index contributed by atoms with van der Waals surface area (Å²) in [5.41, 5.74) is 3.25. The monoisotopic (exact) mass is 411 g/mol. The topological polar surface area (TPSA) is 59.4 Å². The van der Waals surface area contributed by atoms with Crippen LogP contribution in [0.25, 0.3) is 0 Å². The Kier molecular flexibility index (Phi) is 6.02. The van der Waals surface area contributed by atoms with Crippen molar-refractivity contribution < 1.29 is 14.6 Å². The van der Waals surface area contributed by atoms with E-state index in [1.807, 2.05) is 30.3 Å². The van der Waals surface area contributed by atoms with Gasteiger partial charge in [0.1, 0.15) is 12.4 Å². The van der Waals surface area contributed by atoms with E-state index in [1.54, 1.807) is 6.07 Å². The Morgan fingerprint density at radius 1 is 1.04 bits per heavy atom. The summed E-state index contributed by atoms with van der Waals surface area (Å²) in [7, 11) is 0. The molecule has 0 spiro atoms. The van der Waals surface area contributed by atoms with Crippen LogP contribution in [0, 0.1) is 0 Å². The largest absolute Gasteiger partial charge is 0.487 e. The maximum absolute atomic E-state index is 10.9. The average Bonchev–Trinajstić information content (AvgIpc) is 2.66. The second kappa shape index (κ2) is 8.63. The van der Waals surface area contributed by atoms with Gasteiger partial charge in [0.05, 0.1) is 11.3 Å². The van der Waals surface area contributed by atoms with Gasteiger partial charge < -0.3 is 9.84 Å². The molecule has 0 bridgehead atoms. The summed E-state index contributed by atoms with van der Waals surface area (Å²) in [6.07, 6.45) is 3.14. The molecule has 1 heterocycles. The van der Waals surface area contributed by atoms with Gasteiger partial charge in [0.15, 0.2) is 0 Å². The van der Waals surface area contributed by atoms with Crippen LogP contribution in [0.4, 0.5) is 0 Å². The number of hydrogen-bond donors (Lipinski definition) is 1. The molecule has 0 aliphatic carbocycles. The van der Waals surface area contributed by atoms with Crippen molar-refractivity contribution in [3.05, 3.63) is 93.7 Å². The molecule has 0 fully saturated rings. The number of carboxylic acids is 1. The lowest BCUT2D eigenvalue weighted by molar-refractivity contribution is 0.0696. The van der Waals surface area contributed by atoms with Crippen LogP contribution >= 0.6 is 15.9 Å². The van der Waals surface area contributed by atoms with Crippen LogP contribution in [0.1, 0.15) is 27.2 Å². The van der Waals surface area contributed by atoms with Crippen LogP contribution in [0.15, 0.2) is 71.3 Å². The number of aromatic carboxylic acids is 1. The number of hydrogen-bond acceptors (Lipinski definition) is 3. The molecule has 0 amide bonds. The molecule has 5 heteroatoms. The average molecular weight is 412 g/mol. The molecular formula is C21H18BrNO3. The molecule has 3 rings (SSSR count). The van der Waals surface area contributed by atoms with E-state index in [-0.39, 0.29) is 5.56 Å². The van der Waals surface area contributed by atoms with Crippen LogP contribution in [0.5, 0.6) is 5.75 Å². The molecule has 0 saturated carbocycles. The molecule has 4 nitrogen and oxygen atoms in total. The SMILES string of the molecule is O=C(O)c1ccc(COc2ccc(Br)cc2CCc2ccccc2)nc1. The van der Waals surface area contributed by atoms with Gasteiger partial charge in [-0.05, 0) is 54.3 Å². The Hall–Kier alpha value is -2.66. The Morgan fingerprint density at radius 3 is 2.54 bits per heavy atom. The molecule has 0 aliphatic heterocycles. The standard InChI is InChI=1S/C21H18BrNO3/c22-18-9-11-20(16(12-18)7-6-15-4-2-1-3-5-15)26-14-19-10-8-17(13-23-19)21(24)25/h1-5,8-13H,6-7,14H2,(H,24,25). The molecule has 0 radical (unpaired) electrons. The van der Waals surface area contributed by atoms with Crippen molar-refractivity contribution in [3.63, 3.8) is 0 Å². The smallest absolute Gasteiger partial charge is 0.337 e. The number of rotatable bonds is 7. The maximum atomic E-state index is 10.9. The van der Waals surface area contributed by atoms with E-state index < -0.39 is 5.97 Å². The highest BCUT2D eigenvalue weighted by molar-refractivity contribution is 9.10. The second-order valence-corrected chi connectivity index (χ2v) is 6.79. The number of carboxylic acid groups (broad SMARTS) is 1. The van der Waals surface area contributed by atoms with Crippen molar-refractivity contribution in [1.82, 2.24) is 4.98 Å². The van der Waals surface area contributed by atoms with Gasteiger partial charge in [0, 0.05) is 10.7 Å². The lowest BCUT2D eigenvalue weighted by atomic mass is 10.0. The summed E-state index contributed by atoms with van der Waals surface area (Å²) in [6, 6.07) is 19.5. The van der Waals surface area contributed by atoms with E-state index in [2.05, 4.69) is 39.1 Å². The van der Waals surface area contributed by atoms with Gasteiger partial charge in [-0.1, -0.05) is 46.3 Å². The van der Waals surface area contributed by atoms with Crippen LogP contribution in [0.2, 0.25) is 0 Å². The minimum Gasteiger partial charge on any atom is -0.487 e. The lowest BCUT2D eigenvalue weighted by Crippen LogP contribution is -2.03. The highest BCUT2D eigenvalue weighted by Crippen LogP contribution is 2.25. The van der Waals surface area contributed by atoms with Crippen molar-refractivity contribution in [1.29, 1.82) is 0 Å². The molecule has 2 aromatic carbocycles. The van der Waals surface area contributed by atoms with Crippen molar-refractivity contribution in [3.8, 4) is 5.75 Å². The fourth-order valence-electron chi connectivity index (χ4n) is 2.60. The van der Waals surface area contributed by atoms with E-state index in [0.29, 0.717) is 12.3 Å². The molecule has 1 aromatic heterocycles. The molecule has 132 valence electrons. The van der Waals surface area contributed by atoms with Crippen LogP contribution in [-0.2, 0) is 19.4 Å². The van der Waals surface area contributed by atoms with E-state index in [1.165, 1.54) is 17.8 Å². The summed E-state index contributed by atoms with van der Waals surface area (Å²) in [5, 5.41) is 8.92. The Morgan fingerprint density at radius 2 is 1.85 bits per heavy atom. The maximum Gasteiger partial charge on any atom is 0.337 e. The molecular weight excluding hydrogens is 394 g/mol. The minimum absolute atomic E-state index is 0.168. The van der Waals surface area contributed by atoms with E-state index in [4.69, 9.17) is 9.84 Å². The first-order valence-electron chi connectivity index (χ1n) is 8.25. The number of benzene rings is 2. The molecule has 0 aliphatic rings. The number of halogens is 1. The molecule has 1 N–H and O–H groups in total. The number of pyridine rings is 1. The highest BCUT2D eigenvalue weighted by atomic mass is 79.9. The van der Waals surface area contributed by atoms with Crippen LogP contribution in [0.3, 0.4) is 0 Å². The summed E-state index contributed by atoms with van der Waals surface area (Å²) in [6.45, 7) is 0.292. The van der Waals surface area contributed by atoms with Gasteiger partial charge in [-0.15, -0.1) is 0 Å². The quantitative estimate of drug-likeness (QED) is 0.599. The molecule has 3 aromatic rings. The van der Waals surface area contributed by atoms with Crippen LogP contribution in [-0.4, -0.2) is 16.1 Å². The highest BCUT2D eigenvalue weighted by Gasteiger charge is 2.08. The third-order valence-electron chi connectivity index (χ3n) is 4.00. The number of ether oxygens (including phenoxy) is 1. The van der Waals surface area contributed by atoms with Gasteiger partial charge in [0.25, 0.3) is 0 Å². The molecule has 0 unspecified atom stereocenters. The van der Waals surface area contributed by atoms with E-state index >= 15 is 0 Å². The zero-order valence-electron chi connectivity index (χ0n) is 14.1. The molecule has 0 atom stereocenters. The zero-order chi connectivity index (χ0) is 18.4. The van der Waals surface area contributed by atoms with Gasteiger partial charge in [0.2, 0.25) is 0 Å². The Balaban J connectivity index is 1.68. The number of aromatic nitrogens is 1. The fraction of sp³-hybridized carbons (Fsp3) is 0.143. The van der Waals surface area contributed by atoms with Crippen molar-refractivity contribution in [2.45, 2.75) is 19.4 Å². The van der Waals surface area contributed by atoms with Crippen molar-refractivity contribution in [2.24, 2.45) is 0 Å². The fourth-order valence-corrected chi connectivity index (χ4v) is 3.00. The van der Waals surface area contributed by atoms with Gasteiger partial charge in [-0.25, -0.2) is 4.79 Å². The molecule has 26 heavy (non-hydrogen) atoms. The minimum atomic E-state index is -0.985. The summed E-state index contributed by atoms with van der Waals surface area (Å²) >= 11 is 3.52. The summed E-state index contributed by atoms with van der Waals surface area (Å²) in [5.74, 6) is -0.172. The van der Waals surface area contributed by atoms with Crippen molar-refractivity contribution in [2.75, 3.05) is 0 Å². The van der Waals surface area contributed by atoms with E-state index in [9.17, 15) is 4.79 Å². The molecule has 0 saturated heterocycles. The number of aryl methyl sites for hydroxylation is 2. The Labute approximate surface area is 160 Å².